The van der Waals surface area contributed by atoms with Crippen molar-refractivity contribution >= 4 is 0 Å². The van der Waals surface area contributed by atoms with Crippen LogP contribution in [0, 0.1) is 13.8 Å². The van der Waals surface area contributed by atoms with Crippen LogP contribution in [-0.2, 0) is 0 Å². The minimum Gasteiger partial charge on any atom is -0.329 e. The Morgan fingerprint density at radius 1 is 1.30 bits per heavy atom. The van der Waals surface area contributed by atoms with Gasteiger partial charge in [0.2, 0.25) is 0 Å². The van der Waals surface area contributed by atoms with E-state index in [0.29, 0.717) is 6.04 Å². The van der Waals surface area contributed by atoms with Crippen molar-refractivity contribution in [2.75, 3.05) is 13.1 Å². The largest absolute Gasteiger partial charge is 0.329 e. The van der Waals surface area contributed by atoms with Gasteiger partial charge in [0, 0.05) is 18.6 Å². The number of aryl methyl sites for hydroxylation is 2. The highest BCUT2D eigenvalue weighted by Gasteiger charge is 2.29. The molecule has 0 bridgehead atoms. The van der Waals surface area contributed by atoms with E-state index in [1.807, 2.05) is 0 Å². The molecule has 0 amide bonds. The van der Waals surface area contributed by atoms with Gasteiger partial charge in [0.25, 0.3) is 0 Å². The SMILES string of the molecule is CCCC1CCCCN1C(CN)c1ccc(C)cc1C. The van der Waals surface area contributed by atoms with Gasteiger partial charge < -0.3 is 5.73 Å². The highest BCUT2D eigenvalue weighted by molar-refractivity contribution is 5.33. The van der Waals surface area contributed by atoms with Crippen LogP contribution in [0.3, 0.4) is 0 Å². The molecule has 2 rings (SSSR count). The van der Waals surface area contributed by atoms with E-state index in [2.05, 4.69) is 43.9 Å². The Morgan fingerprint density at radius 2 is 2.10 bits per heavy atom. The zero-order valence-electron chi connectivity index (χ0n) is 13.4. The highest BCUT2D eigenvalue weighted by atomic mass is 15.2. The molecule has 1 aliphatic heterocycles. The number of benzene rings is 1. The second kappa shape index (κ2) is 7.24. The summed E-state index contributed by atoms with van der Waals surface area (Å²) in [7, 11) is 0. The van der Waals surface area contributed by atoms with E-state index in [0.717, 1.165) is 12.6 Å². The van der Waals surface area contributed by atoms with Gasteiger partial charge in [0.1, 0.15) is 0 Å². The molecular weight excluding hydrogens is 244 g/mol. The molecule has 2 atom stereocenters. The molecule has 1 saturated heterocycles. The number of hydrogen-bond acceptors (Lipinski definition) is 2. The molecule has 0 radical (unpaired) electrons. The van der Waals surface area contributed by atoms with Gasteiger partial charge in [-0.05, 0) is 50.8 Å². The number of nitrogens with two attached hydrogens (primary N) is 1. The summed E-state index contributed by atoms with van der Waals surface area (Å²) < 4.78 is 0. The molecule has 0 saturated carbocycles. The summed E-state index contributed by atoms with van der Waals surface area (Å²) in [5, 5.41) is 0. The van der Waals surface area contributed by atoms with Crippen molar-refractivity contribution in [1.82, 2.24) is 4.90 Å². The summed E-state index contributed by atoms with van der Waals surface area (Å²) >= 11 is 0. The smallest absolute Gasteiger partial charge is 0.0476 e. The average Bonchev–Trinajstić information content (AvgIpc) is 2.44. The van der Waals surface area contributed by atoms with Gasteiger partial charge in [-0.15, -0.1) is 0 Å². The van der Waals surface area contributed by atoms with Gasteiger partial charge >= 0.3 is 0 Å². The van der Waals surface area contributed by atoms with E-state index < -0.39 is 0 Å². The van der Waals surface area contributed by atoms with E-state index in [9.17, 15) is 0 Å². The molecule has 2 heteroatoms. The number of piperidine rings is 1. The fourth-order valence-corrected chi connectivity index (χ4v) is 3.72. The maximum absolute atomic E-state index is 6.16. The second-order valence-corrected chi connectivity index (χ2v) is 6.29. The molecule has 2 unspecified atom stereocenters. The fourth-order valence-electron chi connectivity index (χ4n) is 3.72. The molecule has 0 aromatic heterocycles. The van der Waals surface area contributed by atoms with Crippen molar-refractivity contribution in [2.45, 2.75) is 65.0 Å². The standard InChI is InChI=1S/C18H30N2/c1-4-7-16-8-5-6-11-20(16)18(13-19)17-10-9-14(2)12-15(17)3/h9-10,12,16,18H,4-8,11,13,19H2,1-3H3. The van der Waals surface area contributed by atoms with Crippen molar-refractivity contribution < 1.29 is 0 Å². The molecule has 1 aromatic rings. The summed E-state index contributed by atoms with van der Waals surface area (Å²) in [5.41, 5.74) is 10.3. The third-order valence-electron chi connectivity index (χ3n) is 4.70. The number of hydrogen-bond donors (Lipinski definition) is 1. The Balaban J connectivity index is 2.25. The van der Waals surface area contributed by atoms with Gasteiger partial charge in [-0.2, -0.15) is 0 Å². The molecule has 1 heterocycles. The van der Waals surface area contributed by atoms with Crippen LogP contribution in [0.5, 0.6) is 0 Å². The Hall–Kier alpha value is -0.860. The van der Waals surface area contributed by atoms with Crippen LogP contribution in [0.4, 0.5) is 0 Å². The quantitative estimate of drug-likeness (QED) is 0.880. The number of likely N-dealkylation sites (tertiary alicyclic amines) is 1. The fraction of sp³-hybridized carbons (Fsp3) is 0.667. The Bertz CT molecular complexity index is 425. The first-order valence-corrected chi connectivity index (χ1v) is 8.20. The second-order valence-electron chi connectivity index (χ2n) is 6.29. The molecule has 20 heavy (non-hydrogen) atoms. The topological polar surface area (TPSA) is 29.3 Å². The third-order valence-corrected chi connectivity index (χ3v) is 4.70. The van der Waals surface area contributed by atoms with E-state index in [4.69, 9.17) is 5.73 Å². The first-order valence-electron chi connectivity index (χ1n) is 8.20. The van der Waals surface area contributed by atoms with Crippen LogP contribution in [-0.4, -0.2) is 24.0 Å². The Morgan fingerprint density at radius 3 is 2.75 bits per heavy atom. The van der Waals surface area contributed by atoms with E-state index in [1.165, 1.54) is 55.3 Å². The molecule has 0 aliphatic carbocycles. The molecule has 2 nitrogen and oxygen atoms in total. The van der Waals surface area contributed by atoms with Crippen LogP contribution in [0.25, 0.3) is 0 Å². The first-order chi connectivity index (χ1) is 9.67. The van der Waals surface area contributed by atoms with Gasteiger partial charge in [-0.1, -0.05) is 43.5 Å². The molecule has 1 aromatic carbocycles. The molecular formula is C18H30N2. The van der Waals surface area contributed by atoms with Crippen LogP contribution in [0.15, 0.2) is 18.2 Å². The minimum absolute atomic E-state index is 0.396. The van der Waals surface area contributed by atoms with E-state index in [1.54, 1.807) is 0 Å². The minimum atomic E-state index is 0.396. The predicted octanol–water partition coefficient (Wildman–Crippen LogP) is 3.96. The number of rotatable bonds is 5. The van der Waals surface area contributed by atoms with Crippen LogP contribution < -0.4 is 5.73 Å². The molecule has 0 spiro atoms. The normalized spacial score (nSPS) is 21.9. The molecule has 112 valence electrons. The van der Waals surface area contributed by atoms with Crippen molar-refractivity contribution in [2.24, 2.45) is 5.73 Å². The lowest BCUT2D eigenvalue weighted by Crippen LogP contribution is -2.44. The van der Waals surface area contributed by atoms with E-state index >= 15 is 0 Å². The van der Waals surface area contributed by atoms with Gasteiger partial charge in [-0.25, -0.2) is 0 Å². The summed E-state index contributed by atoms with van der Waals surface area (Å²) in [6.45, 7) is 8.62. The van der Waals surface area contributed by atoms with Gasteiger partial charge in [0.05, 0.1) is 0 Å². The average molecular weight is 274 g/mol. The summed E-state index contributed by atoms with van der Waals surface area (Å²) in [4.78, 5) is 2.69. The lowest BCUT2D eigenvalue weighted by atomic mass is 9.91. The van der Waals surface area contributed by atoms with E-state index in [-0.39, 0.29) is 0 Å². The third kappa shape index (κ3) is 3.42. The summed E-state index contributed by atoms with van der Waals surface area (Å²) in [6.07, 6.45) is 6.62. The van der Waals surface area contributed by atoms with Crippen molar-refractivity contribution in [3.8, 4) is 0 Å². The molecule has 1 fully saturated rings. The molecule has 1 aliphatic rings. The zero-order valence-corrected chi connectivity index (χ0v) is 13.4. The summed E-state index contributed by atoms with van der Waals surface area (Å²) in [5.74, 6) is 0. The van der Waals surface area contributed by atoms with Crippen LogP contribution >= 0.6 is 0 Å². The van der Waals surface area contributed by atoms with Crippen molar-refractivity contribution in [3.63, 3.8) is 0 Å². The van der Waals surface area contributed by atoms with Gasteiger partial charge in [-0.3, -0.25) is 4.90 Å². The Labute approximate surface area is 124 Å². The zero-order chi connectivity index (χ0) is 14.5. The highest BCUT2D eigenvalue weighted by Crippen LogP contribution is 2.31. The maximum atomic E-state index is 6.16. The Kier molecular flexibility index (Phi) is 5.62. The van der Waals surface area contributed by atoms with Crippen LogP contribution in [0.2, 0.25) is 0 Å². The van der Waals surface area contributed by atoms with Crippen LogP contribution in [0.1, 0.15) is 61.8 Å². The monoisotopic (exact) mass is 274 g/mol. The first kappa shape index (κ1) is 15.5. The number of nitrogens with zero attached hydrogens (tertiary/aromatic N) is 1. The van der Waals surface area contributed by atoms with Crippen molar-refractivity contribution in [1.29, 1.82) is 0 Å². The predicted molar refractivity (Wildman–Crippen MR) is 87.0 cm³/mol. The lowest BCUT2D eigenvalue weighted by Gasteiger charge is -2.41. The summed E-state index contributed by atoms with van der Waals surface area (Å²) in [6, 6.07) is 7.93. The maximum Gasteiger partial charge on any atom is 0.0476 e. The molecule has 2 N–H and O–H groups in total. The lowest BCUT2D eigenvalue weighted by molar-refractivity contribution is 0.0909. The van der Waals surface area contributed by atoms with Gasteiger partial charge in [0.15, 0.2) is 0 Å². The van der Waals surface area contributed by atoms with Crippen molar-refractivity contribution in [3.05, 3.63) is 34.9 Å².